The lowest BCUT2D eigenvalue weighted by molar-refractivity contribution is 0.0337. The van der Waals surface area contributed by atoms with Gasteiger partial charge in [-0.3, -0.25) is 0 Å². The largest absolute Gasteiger partial charge is 0.455 e. The Labute approximate surface area is 155 Å². The highest BCUT2D eigenvalue weighted by atomic mass is 35.5. The van der Waals surface area contributed by atoms with E-state index in [1.54, 1.807) is 36.4 Å². The minimum atomic E-state index is -3.29. The first-order chi connectivity index (χ1) is 11.8. The number of carbonyl (C=O) groups is 1. The summed E-state index contributed by atoms with van der Waals surface area (Å²) in [6, 6.07) is 12.6. The van der Waals surface area contributed by atoms with Crippen LogP contribution < -0.4 is 5.32 Å². The summed E-state index contributed by atoms with van der Waals surface area (Å²) in [4.78, 5) is 12.3. The van der Waals surface area contributed by atoms with Gasteiger partial charge >= 0.3 is 5.97 Å². The second-order valence-electron chi connectivity index (χ2n) is 5.79. The van der Waals surface area contributed by atoms with Crippen LogP contribution in [0.2, 0.25) is 10.0 Å². The smallest absolute Gasteiger partial charge is 0.338 e. The van der Waals surface area contributed by atoms with Crippen molar-refractivity contribution >= 4 is 44.7 Å². The van der Waals surface area contributed by atoms with Crippen LogP contribution in [0.5, 0.6) is 0 Å². The van der Waals surface area contributed by atoms with Crippen molar-refractivity contribution in [1.82, 2.24) is 0 Å². The molecule has 2 aromatic carbocycles. The molecule has 0 radical (unpaired) electrons. The molecule has 3 rings (SSSR count). The van der Waals surface area contributed by atoms with E-state index in [0.29, 0.717) is 21.3 Å². The Morgan fingerprint density at radius 2 is 1.52 bits per heavy atom. The molecule has 0 spiro atoms. The lowest BCUT2D eigenvalue weighted by Crippen LogP contribution is -2.35. The average molecular weight is 400 g/mol. The molecule has 2 atom stereocenters. The van der Waals surface area contributed by atoms with Gasteiger partial charge in [0.25, 0.3) is 0 Å². The molecule has 132 valence electrons. The fourth-order valence-corrected chi connectivity index (χ4v) is 4.65. The van der Waals surface area contributed by atoms with Crippen molar-refractivity contribution in [2.75, 3.05) is 16.8 Å². The number of ether oxygens (including phenoxy) is 1. The van der Waals surface area contributed by atoms with Gasteiger partial charge < -0.3 is 10.1 Å². The highest BCUT2D eigenvalue weighted by Crippen LogP contribution is 2.23. The number of nitrogens with one attached hydrogen (secondary N) is 1. The van der Waals surface area contributed by atoms with Gasteiger partial charge in [0.05, 0.1) is 23.1 Å². The second-order valence-corrected chi connectivity index (χ2v) is 8.81. The van der Waals surface area contributed by atoms with Crippen LogP contribution in [0.25, 0.3) is 0 Å². The molecule has 1 N–H and O–H groups in total. The van der Waals surface area contributed by atoms with Gasteiger partial charge in [0.1, 0.15) is 6.10 Å². The maximum absolute atomic E-state index is 12.3. The van der Waals surface area contributed by atoms with Crippen molar-refractivity contribution < 1.29 is 17.9 Å². The van der Waals surface area contributed by atoms with Gasteiger partial charge in [0.2, 0.25) is 0 Å². The molecule has 1 fully saturated rings. The minimum Gasteiger partial charge on any atom is -0.455 e. The van der Waals surface area contributed by atoms with Gasteiger partial charge in [-0.25, -0.2) is 13.2 Å². The Hall–Kier alpha value is -1.76. The van der Waals surface area contributed by atoms with E-state index >= 15 is 0 Å². The fourth-order valence-electron chi connectivity index (χ4n) is 2.62. The van der Waals surface area contributed by atoms with E-state index in [2.05, 4.69) is 5.32 Å². The lowest BCUT2D eigenvalue weighted by Gasteiger charge is -2.21. The predicted octanol–water partition coefficient (Wildman–Crippen LogP) is 3.43. The van der Waals surface area contributed by atoms with Crippen molar-refractivity contribution in [2.24, 2.45) is 0 Å². The van der Waals surface area contributed by atoms with E-state index in [-0.39, 0.29) is 11.5 Å². The van der Waals surface area contributed by atoms with E-state index < -0.39 is 28.0 Å². The van der Waals surface area contributed by atoms with Crippen LogP contribution in [0.4, 0.5) is 5.69 Å². The molecule has 1 aliphatic heterocycles. The summed E-state index contributed by atoms with van der Waals surface area (Å²) in [5.74, 6) is -0.895. The molecule has 8 heteroatoms. The van der Waals surface area contributed by atoms with Crippen LogP contribution in [0.3, 0.4) is 0 Å². The third-order valence-electron chi connectivity index (χ3n) is 3.84. The number of rotatable bonds is 4. The molecule has 0 saturated carbocycles. The van der Waals surface area contributed by atoms with E-state index in [1.807, 2.05) is 0 Å². The Bertz CT molecular complexity index is 867. The Balaban J connectivity index is 1.74. The topological polar surface area (TPSA) is 72.5 Å². The maximum Gasteiger partial charge on any atom is 0.338 e. The van der Waals surface area contributed by atoms with Gasteiger partial charge in [-0.15, -0.1) is 0 Å². The summed E-state index contributed by atoms with van der Waals surface area (Å²) < 4.78 is 29.4. The second kappa shape index (κ2) is 7.23. The van der Waals surface area contributed by atoms with Crippen molar-refractivity contribution in [1.29, 1.82) is 0 Å². The number of halogens is 2. The molecular formula is C17H15Cl2NO4S. The summed E-state index contributed by atoms with van der Waals surface area (Å²) in [6.07, 6.45) is -0.774. The standard InChI is InChI=1S/C17H15Cl2NO4S/c18-12-3-1-11(2-4-12)17(21)24-16-10-25(22,23)9-15(16)20-14-7-5-13(19)6-8-14/h1-8,15-16,20H,9-10H2/t15-,16-/m1/s1. The fraction of sp³-hybridized carbons (Fsp3) is 0.235. The minimum absolute atomic E-state index is 0.103. The van der Waals surface area contributed by atoms with Gasteiger partial charge in [0, 0.05) is 15.7 Å². The number of hydrogen-bond acceptors (Lipinski definition) is 5. The van der Waals surface area contributed by atoms with Crippen molar-refractivity contribution in [3.05, 3.63) is 64.1 Å². The monoisotopic (exact) mass is 399 g/mol. The zero-order valence-electron chi connectivity index (χ0n) is 13.0. The summed E-state index contributed by atoms with van der Waals surface area (Å²) >= 11 is 11.6. The number of esters is 1. The highest BCUT2D eigenvalue weighted by Gasteiger charge is 2.40. The quantitative estimate of drug-likeness (QED) is 0.797. The number of sulfone groups is 1. The number of anilines is 1. The number of hydrogen-bond donors (Lipinski definition) is 1. The van der Waals surface area contributed by atoms with Crippen LogP contribution in [-0.4, -0.2) is 38.0 Å². The van der Waals surface area contributed by atoms with Crippen molar-refractivity contribution in [2.45, 2.75) is 12.1 Å². The third kappa shape index (κ3) is 4.66. The molecule has 0 unspecified atom stereocenters. The highest BCUT2D eigenvalue weighted by molar-refractivity contribution is 7.91. The molecule has 1 aliphatic rings. The number of carbonyl (C=O) groups excluding carboxylic acids is 1. The van der Waals surface area contributed by atoms with Crippen LogP contribution >= 0.6 is 23.2 Å². The zero-order chi connectivity index (χ0) is 18.0. The molecular weight excluding hydrogens is 385 g/mol. The first kappa shape index (κ1) is 18.0. The SMILES string of the molecule is O=C(O[C@@H]1CS(=O)(=O)C[C@H]1Nc1ccc(Cl)cc1)c1ccc(Cl)cc1. The molecule has 1 heterocycles. The van der Waals surface area contributed by atoms with Crippen molar-refractivity contribution in [3.63, 3.8) is 0 Å². The predicted molar refractivity (Wildman–Crippen MR) is 98.2 cm³/mol. The van der Waals surface area contributed by atoms with E-state index in [1.165, 1.54) is 12.1 Å². The Morgan fingerprint density at radius 3 is 2.12 bits per heavy atom. The van der Waals surface area contributed by atoms with Gasteiger partial charge in [-0.05, 0) is 48.5 Å². The van der Waals surface area contributed by atoms with Gasteiger partial charge in [0.15, 0.2) is 9.84 Å². The zero-order valence-corrected chi connectivity index (χ0v) is 15.3. The van der Waals surface area contributed by atoms with Crippen LogP contribution in [-0.2, 0) is 14.6 Å². The molecule has 25 heavy (non-hydrogen) atoms. The molecule has 1 saturated heterocycles. The van der Waals surface area contributed by atoms with Crippen LogP contribution in [0.15, 0.2) is 48.5 Å². The summed E-state index contributed by atoms with van der Waals surface area (Å²) in [7, 11) is -3.29. The molecule has 0 aromatic heterocycles. The van der Waals surface area contributed by atoms with E-state index in [4.69, 9.17) is 27.9 Å². The van der Waals surface area contributed by atoms with Crippen molar-refractivity contribution in [3.8, 4) is 0 Å². The Morgan fingerprint density at radius 1 is 0.960 bits per heavy atom. The molecule has 2 aromatic rings. The molecule has 5 nitrogen and oxygen atoms in total. The lowest BCUT2D eigenvalue weighted by atomic mass is 10.2. The third-order valence-corrected chi connectivity index (χ3v) is 6.04. The first-order valence-corrected chi connectivity index (χ1v) is 10.1. The van der Waals surface area contributed by atoms with Crippen LogP contribution in [0, 0.1) is 0 Å². The van der Waals surface area contributed by atoms with Gasteiger partial charge in [-0.2, -0.15) is 0 Å². The summed E-state index contributed by atoms with van der Waals surface area (Å²) in [5, 5.41) is 4.18. The summed E-state index contributed by atoms with van der Waals surface area (Å²) in [6.45, 7) is 0. The van der Waals surface area contributed by atoms with Gasteiger partial charge in [-0.1, -0.05) is 23.2 Å². The van der Waals surface area contributed by atoms with E-state index in [0.717, 1.165) is 0 Å². The first-order valence-electron chi connectivity index (χ1n) is 7.51. The average Bonchev–Trinajstić information content (AvgIpc) is 2.83. The molecule has 0 amide bonds. The maximum atomic E-state index is 12.3. The normalized spacial score (nSPS) is 21.7. The summed E-state index contributed by atoms with van der Waals surface area (Å²) in [5.41, 5.74) is 1.03. The molecule has 0 bridgehead atoms. The molecule has 0 aliphatic carbocycles. The Kier molecular flexibility index (Phi) is 5.22. The van der Waals surface area contributed by atoms with Crippen LogP contribution in [0.1, 0.15) is 10.4 Å². The van der Waals surface area contributed by atoms with E-state index in [9.17, 15) is 13.2 Å². The number of benzene rings is 2.